The molecule has 31 heavy (non-hydrogen) atoms. The third-order valence-electron chi connectivity index (χ3n) is 4.68. The van der Waals surface area contributed by atoms with E-state index in [-0.39, 0.29) is 5.91 Å². The summed E-state index contributed by atoms with van der Waals surface area (Å²) in [4.78, 5) is 26.0. The number of rotatable bonds is 3. The Hall–Kier alpha value is -3.89. The Kier molecular flexibility index (Phi) is 5.56. The van der Waals surface area contributed by atoms with Gasteiger partial charge in [-0.05, 0) is 49.4 Å². The molecule has 2 heterocycles. The molecule has 0 fully saturated rings. The van der Waals surface area contributed by atoms with Gasteiger partial charge in [0.15, 0.2) is 0 Å². The number of carbonyl (C=O) groups excluding carboxylic acids is 2. The SMILES string of the molecule is COC(=O)c1cccc(C#Cc2cccc(NC(=O)c3cc4c(C)nn(C)c4s3)c2)c1. The third kappa shape index (κ3) is 4.34. The molecule has 1 amide bonds. The van der Waals surface area contributed by atoms with Crippen LogP contribution >= 0.6 is 11.3 Å². The van der Waals surface area contributed by atoms with Gasteiger partial charge in [0.2, 0.25) is 0 Å². The van der Waals surface area contributed by atoms with Crippen LogP contribution in [0.4, 0.5) is 5.69 Å². The monoisotopic (exact) mass is 429 g/mol. The van der Waals surface area contributed by atoms with Crippen molar-refractivity contribution in [3.63, 3.8) is 0 Å². The molecular weight excluding hydrogens is 410 g/mol. The van der Waals surface area contributed by atoms with Crippen LogP contribution in [0.2, 0.25) is 0 Å². The zero-order valence-corrected chi connectivity index (χ0v) is 18.0. The lowest BCUT2D eigenvalue weighted by molar-refractivity contribution is 0.0600. The second-order valence-corrected chi connectivity index (χ2v) is 7.93. The standard InChI is InChI=1S/C24H19N3O3S/c1-15-20-14-21(31-23(20)27(2)26-15)22(28)25-19-9-5-7-17(13-19)11-10-16-6-4-8-18(12-16)24(29)30-3/h4-9,12-14H,1-3H3,(H,25,28). The van der Waals surface area contributed by atoms with Crippen LogP contribution in [0.1, 0.15) is 36.9 Å². The first kappa shape index (κ1) is 20.4. The summed E-state index contributed by atoms with van der Waals surface area (Å²) in [5, 5.41) is 8.29. The molecule has 0 spiro atoms. The molecule has 4 rings (SSSR count). The molecule has 6 nitrogen and oxygen atoms in total. The number of fused-ring (bicyclic) bond motifs is 1. The molecule has 2 aromatic heterocycles. The predicted octanol–water partition coefficient (Wildman–Crippen LogP) is 4.38. The van der Waals surface area contributed by atoms with Gasteiger partial charge in [0, 0.05) is 29.2 Å². The number of thiophene rings is 1. The Labute approximate surface area is 183 Å². The van der Waals surface area contributed by atoms with Gasteiger partial charge in [-0.2, -0.15) is 5.10 Å². The van der Waals surface area contributed by atoms with Gasteiger partial charge in [-0.3, -0.25) is 9.48 Å². The highest BCUT2D eigenvalue weighted by Gasteiger charge is 2.15. The maximum Gasteiger partial charge on any atom is 0.337 e. The van der Waals surface area contributed by atoms with Crippen molar-refractivity contribution in [2.45, 2.75) is 6.92 Å². The lowest BCUT2D eigenvalue weighted by Crippen LogP contribution is -2.10. The highest BCUT2D eigenvalue weighted by Crippen LogP contribution is 2.28. The molecule has 0 aliphatic heterocycles. The summed E-state index contributed by atoms with van der Waals surface area (Å²) in [6.07, 6.45) is 0. The first-order chi connectivity index (χ1) is 14.9. The zero-order chi connectivity index (χ0) is 22.0. The van der Waals surface area contributed by atoms with Gasteiger partial charge in [0.05, 0.1) is 23.2 Å². The van der Waals surface area contributed by atoms with Crippen LogP contribution in [0.3, 0.4) is 0 Å². The minimum absolute atomic E-state index is 0.170. The zero-order valence-electron chi connectivity index (χ0n) is 17.2. The average molecular weight is 430 g/mol. The number of nitrogens with one attached hydrogen (secondary N) is 1. The van der Waals surface area contributed by atoms with Crippen molar-refractivity contribution in [2.24, 2.45) is 7.05 Å². The summed E-state index contributed by atoms with van der Waals surface area (Å²) in [5.41, 5.74) is 3.46. The smallest absolute Gasteiger partial charge is 0.337 e. The second-order valence-electron chi connectivity index (χ2n) is 6.90. The number of methoxy groups -OCH3 is 1. The molecule has 0 aliphatic rings. The minimum Gasteiger partial charge on any atom is -0.465 e. The fourth-order valence-corrected chi connectivity index (χ4v) is 4.19. The molecule has 0 saturated heterocycles. The number of hydrogen-bond acceptors (Lipinski definition) is 5. The summed E-state index contributed by atoms with van der Waals surface area (Å²) in [6, 6.07) is 16.1. The Morgan fingerprint density at radius 3 is 2.48 bits per heavy atom. The van der Waals surface area contributed by atoms with E-state index in [4.69, 9.17) is 4.74 Å². The topological polar surface area (TPSA) is 73.2 Å². The first-order valence-corrected chi connectivity index (χ1v) is 10.3. The van der Waals surface area contributed by atoms with E-state index in [1.54, 1.807) is 22.9 Å². The van der Waals surface area contributed by atoms with E-state index in [0.29, 0.717) is 21.7 Å². The Bertz CT molecular complexity index is 1340. The number of nitrogens with zero attached hydrogens (tertiary/aromatic N) is 2. The number of anilines is 1. The van der Waals surface area contributed by atoms with Crippen molar-refractivity contribution in [3.05, 3.63) is 81.9 Å². The van der Waals surface area contributed by atoms with Crippen molar-refractivity contribution >= 4 is 39.1 Å². The maximum absolute atomic E-state index is 12.7. The molecule has 2 aromatic carbocycles. The third-order valence-corrected chi connectivity index (χ3v) is 5.88. The number of benzene rings is 2. The Morgan fingerprint density at radius 1 is 1.06 bits per heavy atom. The molecular formula is C24H19N3O3S. The molecule has 0 atom stereocenters. The molecule has 4 aromatic rings. The number of aromatic nitrogens is 2. The van der Waals surface area contributed by atoms with Crippen LogP contribution in [-0.4, -0.2) is 28.8 Å². The van der Waals surface area contributed by atoms with Crippen molar-refractivity contribution in [1.29, 1.82) is 0 Å². The van der Waals surface area contributed by atoms with E-state index in [0.717, 1.165) is 21.5 Å². The predicted molar refractivity (Wildman–Crippen MR) is 121 cm³/mol. The highest BCUT2D eigenvalue weighted by atomic mass is 32.1. The van der Waals surface area contributed by atoms with Gasteiger partial charge in [-0.25, -0.2) is 4.79 Å². The number of amides is 1. The summed E-state index contributed by atoms with van der Waals surface area (Å²) >= 11 is 1.41. The lowest BCUT2D eigenvalue weighted by Gasteiger charge is -2.04. The average Bonchev–Trinajstić information content (AvgIpc) is 3.33. The van der Waals surface area contributed by atoms with Gasteiger partial charge in [-0.1, -0.05) is 24.0 Å². The Morgan fingerprint density at radius 2 is 1.77 bits per heavy atom. The van der Waals surface area contributed by atoms with Crippen molar-refractivity contribution in [1.82, 2.24) is 9.78 Å². The van der Waals surface area contributed by atoms with Crippen LogP contribution in [0.5, 0.6) is 0 Å². The van der Waals surface area contributed by atoms with Crippen molar-refractivity contribution in [2.75, 3.05) is 12.4 Å². The summed E-state index contributed by atoms with van der Waals surface area (Å²) in [5.74, 6) is 5.54. The number of esters is 1. The number of ether oxygens (including phenoxy) is 1. The first-order valence-electron chi connectivity index (χ1n) is 9.49. The van der Waals surface area contributed by atoms with Crippen LogP contribution < -0.4 is 5.32 Å². The molecule has 0 radical (unpaired) electrons. The van der Waals surface area contributed by atoms with Crippen LogP contribution in [0.15, 0.2) is 54.6 Å². The van der Waals surface area contributed by atoms with Crippen LogP contribution in [0.25, 0.3) is 10.2 Å². The normalized spacial score (nSPS) is 10.4. The molecule has 1 N–H and O–H groups in total. The summed E-state index contributed by atoms with van der Waals surface area (Å²) in [6.45, 7) is 1.93. The lowest BCUT2D eigenvalue weighted by atomic mass is 10.1. The summed E-state index contributed by atoms with van der Waals surface area (Å²) in [7, 11) is 3.22. The largest absolute Gasteiger partial charge is 0.465 e. The quantitative estimate of drug-likeness (QED) is 0.387. The van der Waals surface area contributed by atoms with Crippen LogP contribution in [0, 0.1) is 18.8 Å². The second kappa shape index (κ2) is 8.46. The molecule has 154 valence electrons. The van der Waals surface area contributed by atoms with E-state index in [1.165, 1.54) is 18.4 Å². The van der Waals surface area contributed by atoms with Gasteiger partial charge < -0.3 is 10.1 Å². The molecule has 0 aliphatic carbocycles. The summed E-state index contributed by atoms with van der Waals surface area (Å²) < 4.78 is 6.53. The molecule has 0 saturated carbocycles. The van der Waals surface area contributed by atoms with E-state index >= 15 is 0 Å². The van der Waals surface area contributed by atoms with Crippen molar-refractivity contribution in [3.8, 4) is 11.8 Å². The van der Waals surface area contributed by atoms with E-state index in [2.05, 4.69) is 22.3 Å². The van der Waals surface area contributed by atoms with E-state index in [1.807, 2.05) is 50.4 Å². The van der Waals surface area contributed by atoms with Crippen LogP contribution in [-0.2, 0) is 11.8 Å². The number of aryl methyl sites for hydroxylation is 2. The highest BCUT2D eigenvalue weighted by molar-refractivity contribution is 7.20. The van der Waals surface area contributed by atoms with Gasteiger partial charge in [-0.15, -0.1) is 11.3 Å². The van der Waals surface area contributed by atoms with Gasteiger partial charge >= 0.3 is 5.97 Å². The van der Waals surface area contributed by atoms with E-state index in [9.17, 15) is 9.59 Å². The fourth-order valence-electron chi connectivity index (χ4n) is 3.17. The Balaban J connectivity index is 1.52. The minimum atomic E-state index is -0.402. The molecule has 0 unspecified atom stereocenters. The number of hydrogen-bond donors (Lipinski definition) is 1. The molecule has 7 heteroatoms. The molecule has 0 bridgehead atoms. The fraction of sp³-hybridized carbons (Fsp3) is 0.125. The maximum atomic E-state index is 12.7. The van der Waals surface area contributed by atoms with Gasteiger partial charge in [0.25, 0.3) is 5.91 Å². The van der Waals surface area contributed by atoms with E-state index < -0.39 is 5.97 Å². The van der Waals surface area contributed by atoms with Crippen molar-refractivity contribution < 1.29 is 14.3 Å². The number of carbonyl (C=O) groups is 2. The van der Waals surface area contributed by atoms with Gasteiger partial charge in [0.1, 0.15) is 4.83 Å².